The van der Waals surface area contributed by atoms with Crippen molar-refractivity contribution in [1.82, 2.24) is 0 Å². The number of hydrogen-bond donors (Lipinski definition) is 3. The van der Waals surface area contributed by atoms with Crippen molar-refractivity contribution in [1.29, 1.82) is 0 Å². The van der Waals surface area contributed by atoms with Gasteiger partial charge in [-0.25, -0.2) is 0 Å². The quantitative estimate of drug-likeness (QED) is 0.536. The van der Waals surface area contributed by atoms with Crippen LogP contribution in [0, 0.1) is 5.41 Å². The molecule has 2 unspecified atom stereocenters. The van der Waals surface area contributed by atoms with Gasteiger partial charge in [-0.3, -0.25) is 4.79 Å². The molecule has 4 heteroatoms. The van der Waals surface area contributed by atoms with Crippen LogP contribution in [-0.2, 0) is 4.79 Å². The number of aliphatic hydroxyl groups is 2. The molecule has 0 rings (SSSR count). The fraction of sp³-hybridized carbons (Fsp3) is 0.857. The molecule has 0 bridgehead atoms. The van der Waals surface area contributed by atoms with Crippen LogP contribution < -0.4 is 0 Å². The zero-order chi connectivity index (χ0) is 9.07. The molecule has 11 heavy (non-hydrogen) atoms. The molecule has 0 aromatic heterocycles. The number of hydrogen-bond acceptors (Lipinski definition) is 3. The molecule has 0 amide bonds. The number of aliphatic hydroxyl groups excluding tert-OH is 2. The summed E-state index contributed by atoms with van der Waals surface area (Å²) < 4.78 is 0. The van der Waals surface area contributed by atoms with Crippen LogP contribution in [0.2, 0.25) is 0 Å². The molecule has 0 aliphatic rings. The van der Waals surface area contributed by atoms with Crippen molar-refractivity contribution in [3.63, 3.8) is 0 Å². The lowest BCUT2D eigenvalue weighted by Crippen LogP contribution is -2.42. The summed E-state index contributed by atoms with van der Waals surface area (Å²) in [4.78, 5) is 10.5. The Hall–Kier alpha value is -0.610. The predicted molar refractivity (Wildman–Crippen MR) is 39.1 cm³/mol. The average molecular weight is 162 g/mol. The Bertz CT molecular complexity index is 145. The lowest BCUT2D eigenvalue weighted by molar-refractivity contribution is -0.158. The second kappa shape index (κ2) is 3.69. The van der Waals surface area contributed by atoms with E-state index in [9.17, 15) is 9.90 Å². The molecule has 0 saturated carbocycles. The van der Waals surface area contributed by atoms with E-state index in [1.807, 2.05) is 0 Å². The first-order chi connectivity index (χ1) is 4.99. The molecule has 0 spiro atoms. The topological polar surface area (TPSA) is 77.8 Å². The highest BCUT2D eigenvalue weighted by atomic mass is 16.4. The third-order valence-corrected chi connectivity index (χ3v) is 1.94. The summed E-state index contributed by atoms with van der Waals surface area (Å²) in [7, 11) is 0. The normalized spacial score (nSPS) is 18.9. The van der Waals surface area contributed by atoms with Gasteiger partial charge in [0.15, 0.2) is 0 Å². The van der Waals surface area contributed by atoms with Crippen molar-refractivity contribution < 1.29 is 20.1 Å². The first kappa shape index (κ1) is 10.4. The fourth-order valence-corrected chi connectivity index (χ4v) is 0.766. The number of carboxylic acid groups (broad SMARTS) is 1. The Kier molecular flexibility index (Phi) is 3.48. The molecular weight excluding hydrogens is 148 g/mol. The lowest BCUT2D eigenvalue weighted by atomic mass is 9.84. The second-order valence-electron chi connectivity index (χ2n) is 2.80. The third-order valence-electron chi connectivity index (χ3n) is 1.94. The number of carbonyl (C=O) groups is 1. The smallest absolute Gasteiger partial charge is 0.314 e. The van der Waals surface area contributed by atoms with Crippen LogP contribution in [0.4, 0.5) is 0 Å². The van der Waals surface area contributed by atoms with Crippen molar-refractivity contribution in [3.8, 4) is 0 Å². The second-order valence-corrected chi connectivity index (χ2v) is 2.80. The van der Waals surface area contributed by atoms with E-state index >= 15 is 0 Å². The SMILES string of the molecule is CCC(O)C(C)(CO)C(=O)O. The predicted octanol–water partition coefficient (Wildman–Crippen LogP) is -0.160. The highest BCUT2D eigenvalue weighted by molar-refractivity contribution is 5.75. The van der Waals surface area contributed by atoms with Gasteiger partial charge in [0.2, 0.25) is 0 Å². The van der Waals surface area contributed by atoms with Gasteiger partial charge in [-0.2, -0.15) is 0 Å². The van der Waals surface area contributed by atoms with Crippen LogP contribution in [0.25, 0.3) is 0 Å². The summed E-state index contributed by atoms with van der Waals surface area (Å²) in [5, 5.41) is 26.5. The van der Waals surface area contributed by atoms with Crippen molar-refractivity contribution in [2.75, 3.05) is 6.61 Å². The van der Waals surface area contributed by atoms with Crippen LogP contribution >= 0.6 is 0 Å². The van der Waals surface area contributed by atoms with Crippen LogP contribution in [0.1, 0.15) is 20.3 Å². The van der Waals surface area contributed by atoms with Gasteiger partial charge in [-0.1, -0.05) is 6.92 Å². The Morgan fingerprint density at radius 2 is 2.09 bits per heavy atom. The van der Waals surface area contributed by atoms with Gasteiger partial charge in [0.1, 0.15) is 5.41 Å². The van der Waals surface area contributed by atoms with Gasteiger partial charge in [0, 0.05) is 0 Å². The molecular formula is C7H14O4. The molecule has 0 heterocycles. The Balaban J connectivity index is 4.45. The molecule has 0 aromatic rings. The summed E-state index contributed by atoms with van der Waals surface area (Å²) in [6.07, 6.45) is -0.673. The fourth-order valence-electron chi connectivity index (χ4n) is 0.766. The maximum Gasteiger partial charge on any atom is 0.314 e. The van der Waals surface area contributed by atoms with Gasteiger partial charge in [-0.05, 0) is 13.3 Å². The van der Waals surface area contributed by atoms with Gasteiger partial charge in [-0.15, -0.1) is 0 Å². The van der Waals surface area contributed by atoms with Gasteiger partial charge in [0.25, 0.3) is 0 Å². The molecule has 0 aliphatic carbocycles. The van der Waals surface area contributed by atoms with Gasteiger partial charge < -0.3 is 15.3 Å². The van der Waals surface area contributed by atoms with Crippen molar-refractivity contribution >= 4 is 5.97 Å². The molecule has 3 N–H and O–H groups in total. The average Bonchev–Trinajstić information content (AvgIpc) is 2.01. The Labute approximate surface area is 65.5 Å². The zero-order valence-corrected chi connectivity index (χ0v) is 6.74. The molecule has 2 atom stereocenters. The zero-order valence-electron chi connectivity index (χ0n) is 6.74. The minimum absolute atomic E-state index is 0.323. The largest absolute Gasteiger partial charge is 0.481 e. The maximum absolute atomic E-state index is 10.5. The Morgan fingerprint density at radius 3 is 2.18 bits per heavy atom. The van der Waals surface area contributed by atoms with E-state index in [0.29, 0.717) is 6.42 Å². The summed E-state index contributed by atoms with van der Waals surface area (Å²) in [5.41, 5.74) is -1.42. The summed E-state index contributed by atoms with van der Waals surface area (Å²) in [6, 6.07) is 0. The van der Waals surface area contributed by atoms with E-state index in [0.717, 1.165) is 0 Å². The van der Waals surface area contributed by atoms with Crippen LogP contribution in [0.5, 0.6) is 0 Å². The van der Waals surface area contributed by atoms with Crippen LogP contribution in [0.3, 0.4) is 0 Å². The standard InChI is InChI=1S/C7H14O4/c1-3-5(9)7(2,4-8)6(10)11/h5,8-9H,3-4H2,1-2H3,(H,10,11). The van der Waals surface area contributed by atoms with E-state index in [2.05, 4.69) is 0 Å². The Morgan fingerprint density at radius 1 is 1.64 bits per heavy atom. The minimum Gasteiger partial charge on any atom is -0.481 e. The monoisotopic (exact) mass is 162 g/mol. The van der Waals surface area contributed by atoms with Crippen LogP contribution in [0.15, 0.2) is 0 Å². The highest BCUT2D eigenvalue weighted by Gasteiger charge is 2.39. The number of rotatable bonds is 4. The van der Waals surface area contributed by atoms with E-state index in [4.69, 9.17) is 10.2 Å². The van der Waals surface area contributed by atoms with E-state index in [1.165, 1.54) is 6.92 Å². The first-order valence-corrected chi connectivity index (χ1v) is 3.51. The summed E-state index contributed by atoms with van der Waals surface area (Å²) in [5.74, 6) is -1.17. The van der Waals surface area contributed by atoms with E-state index in [-0.39, 0.29) is 0 Å². The molecule has 0 aromatic carbocycles. The third kappa shape index (κ3) is 1.91. The summed E-state index contributed by atoms with van der Waals surface area (Å²) >= 11 is 0. The molecule has 0 aliphatic heterocycles. The summed E-state index contributed by atoms with van der Waals surface area (Å²) in [6.45, 7) is 2.45. The molecule has 66 valence electrons. The van der Waals surface area contributed by atoms with Gasteiger partial charge in [0.05, 0.1) is 12.7 Å². The van der Waals surface area contributed by atoms with Crippen molar-refractivity contribution in [3.05, 3.63) is 0 Å². The number of carboxylic acids is 1. The molecule has 4 nitrogen and oxygen atoms in total. The van der Waals surface area contributed by atoms with E-state index < -0.39 is 24.1 Å². The molecule has 0 saturated heterocycles. The number of aliphatic carboxylic acids is 1. The van der Waals surface area contributed by atoms with Crippen molar-refractivity contribution in [2.24, 2.45) is 5.41 Å². The lowest BCUT2D eigenvalue weighted by Gasteiger charge is -2.26. The highest BCUT2D eigenvalue weighted by Crippen LogP contribution is 2.22. The molecule has 0 radical (unpaired) electrons. The van der Waals surface area contributed by atoms with Crippen molar-refractivity contribution in [2.45, 2.75) is 26.4 Å². The van der Waals surface area contributed by atoms with Crippen LogP contribution in [-0.4, -0.2) is 34.0 Å². The minimum atomic E-state index is -1.42. The maximum atomic E-state index is 10.5. The van der Waals surface area contributed by atoms with E-state index in [1.54, 1.807) is 6.92 Å². The molecule has 0 fully saturated rings. The van der Waals surface area contributed by atoms with Gasteiger partial charge >= 0.3 is 5.97 Å². The first-order valence-electron chi connectivity index (χ1n) is 3.51.